The largest absolute Gasteiger partial charge is 0.496 e. The maximum atomic E-state index is 5.63. The Morgan fingerprint density at radius 3 is 2.75 bits per heavy atom. The zero-order chi connectivity index (χ0) is 11.5. The molecule has 0 fully saturated rings. The van der Waals surface area contributed by atoms with Crippen LogP contribution in [0.5, 0.6) is 5.75 Å². The molecule has 1 aromatic rings. The van der Waals surface area contributed by atoms with Crippen molar-refractivity contribution in [3.8, 4) is 5.75 Å². The van der Waals surface area contributed by atoms with Gasteiger partial charge in [-0.25, -0.2) is 4.99 Å². The van der Waals surface area contributed by atoms with Crippen LogP contribution in [-0.4, -0.2) is 25.7 Å². The summed E-state index contributed by atoms with van der Waals surface area (Å²) in [6, 6.07) is 8.06. The second kappa shape index (κ2) is 4.56. The number of nitrogens with zero attached hydrogens (tertiary/aromatic N) is 1. The van der Waals surface area contributed by atoms with Crippen LogP contribution in [0.4, 0.5) is 0 Å². The van der Waals surface area contributed by atoms with E-state index in [-0.39, 0.29) is 6.04 Å². The van der Waals surface area contributed by atoms with Crippen LogP contribution in [0.2, 0.25) is 0 Å². The highest BCUT2D eigenvalue weighted by Crippen LogP contribution is 2.23. The minimum Gasteiger partial charge on any atom is -0.496 e. The van der Waals surface area contributed by atoms with Gasteiger partial charge in [0.1, 0.15) is 12.4 Å². The van der Waals surface area contributed by atoms with E-state index >= 15 is 0 Å². The van der Waals surface area contributed by atoms with E-state index in [0.29, 0.717) is 18.4 Å². The van der Waals surface area contributed by atoms with Gasteiger partial charge in [-0.05, 0) is 18.1 Å². The zero-order valence-corrected chi connectivity index (χ0v) is 9.93. The van der Waals surface area contributed by atoms with Gasteiger partial charge in [0.15, 0.2) is 0 Å². The molecule has 0 radical (unpaired) electrons. The monoisotopic (exact) mass is 219 g/mol. The molecule has 86 valence electrons. The highest BCUT2D eigenvalue weighted by molar-refractivity contribution is 5.97. The molecule has 0 amide bonds. The first-order valence-electron chi connectivity index (χ1n) is 5.56. The van der Waals surface area contributed by atoms with E-state index in [0.717, 1.165) is 11.3 Å². The Morgan fingerprint density at radius 2 is 2.12 bits per heavy atom. The third-order valence-electron chi connectivity index (χ3n) is 2.78. The summed E-state index contributed by atoms with van der Waals surface area (Å²) in [6.45, 7) is 4.98. The van der Waals surface area contributed by atoms with Crippen molar-refractivity contribution in [2.75, 3.05) is 13.7 Å². The average Bonchev–Trinajstić information content (AvgIpc) is 2.78. The van der Waals surface area contributed by atoms with E-state index < -0.39 is 0 Å². The number of aliphatic imine (C=N–C) groups is 1. The van der Waals surface area contributed by atoms with Gasteiger partial charge < -0.3 is 9.47 Å². The van der Waals surface area contributed by atoms with Crippen LogP contribution in [0.25, 0.3) is 0 Å². The number of hydrogen-bond donors (Lipinski definition) is 0. The van der Waals surface area contributed by atoms with E-state index in [2.05, 4.69) is 18.8 Å². The van der Waals surface area contributed by atoms with Gasteiger partial charge >= 0.3 is 0 Å². The number of hydrogen-bond acceptors (Lipinski definition) is 3. The molecule has 0 aromatic heterocycles. The van der Waals surface area contributed by atoms with Gasteiger partial charge in [0, 0.05) is 0 Å². The third kappa shape index (κ3) is 2.03. The quantitative estimate of drug-likeness (QED) is 0.782. The molecule has 0 unspecified atom stereocenters. The molecular weight excluding hydrogens is 202 g/mol. The predicted molar refractivity (Wildman–Crippen MR) is 64.1 cm³/mol. The first-order chi connectivity index (χ1) is 7.72. The topological polar surface area (TPSA) is 30.8 Å². The molecule has 1 aliphatic rings. The summed E-state index contributed by atoms with van der Waals surface area (Å²) in [4.78, 5) is 4.58. The van der Waals surface area contributed by atoms with E-state index in [9.17, 15) is 0 Å². The Hall–Kier alpha value is -1.51. The van der Waals surface area contributed by atoms with Crippen molar-refractivity contribution in [1.82, 2.24) is 0 Å². The van der Waals surface area contributed by atoms with Gasteiger partial charge in [0.05, 0.1) is 18.7 Å². The lowest BCUT2D eigenvalue weighted by atomic mass is 10.1. The van der Waals surface area contributed by atoms with Crippen molar-refractivity contribution in [2.24, 2.45) is 10.9 Å². The molecule has 0 bridgehead atoms. The molecule has 1 heterocycles. The second-order valence-electron chi connectivity index (χ2n) is 4.26. The number of methoxy groups -OCH3 is 1. The van der Waals surface area contributed by atoms with E-state index in [1.54, 1.807) is 7.11 Å². The van der Waals surface area contributed by atoms with E-state index in [4.69, 9.17) is 9.47 Å². The van der Waals surface area contributed by atoms with Crippen molar-refractivity contribution in [3.05, 3.63) is 29.8 Å². The van der Waals surface area contributed by atoms with Crippen molar-refractivity contribution in [3.63, 3.8) is 0 Å². The molecule has 1 atom stereocenters. The van der Waals surface area contributed by atoms with Crippen molar-refractivity contribution >= 4 is 5.90 Å². The maximum absolute atomic E-state index is 5.63. The molecule has 1 aromatic carbocycles. The van der Waals surface area contributed by atoms with Crippen molar-refractivity contribution in [2.45, 2.75) is 19.9 Å². The second-order valence-corrected chi connectivity index (χ2v) is 4.26. The van der Waals surface area contributed by atoms with Crippen LogP contribution in [0.3, 0.4) is 0 Å². The SMILES string of the molecule is COc1ccccc1C1=N[C@@H](C(C)C)CO1. The summed E-state index contributed by atoms with van der Waals surface area (Å²) >= 11 is 0. The minimum atomic E-state index is 0.264. The number of rotatable bonds is 3. The molecule has 16 heavy (non-hydrogen) atoms. The smallest absolute Gasteiger partial charge is 0.220 e. The predicted octanol–water partition coefficient (Wildman–Crippen LogP) is 2.50. The van der Waals surface area contributed by atoms with Gasteiger partial charge in [-0.15, -0.1) is 0 Å². The highest BCUT2D eigenvalue weighted by atomic mass is 16.5. The van der Waals surface area contributed by atoms with Crippen LogP contribution in [0, 0.1) is 5.92 Å². The molecule has 3 nitrogen and oxygen atoms in total. The van der Waals surface area contributed by atoms with E-state index in [1.807, 2.05) is 24.3 Å². The summed E-state index contributed by atoms with van der Waals surface area (Å²) < 4.78 is 10.9. The Morgan fingerprint density at radius 1 is 1.38 bits per heavy atom. The number of para-hydroxylation sites is 1. The van der Waals surface area contributed by atoms with Gasteiger partial charge in [0.2, 0.25) is 5.90 Å². The van der Waals surface area contributed by atoms with Crippen LogP contribution in [0.15, 0.2) is 29.3 Å². The molecule has 3 heteroatoms. The fourth-order valence-electron chi connectivity index (χ4n) is 1.70. The fourth-order valence-corrected chi connectivity index (χ4v) is 1.70. The maximum Gasteiger partial charge on any atom is 0.220 e. The Kier molecular flexibility index (Phi) is 3.13. The lowest BCUT2D eigenvalue weighted by molar-refractivity contribution is 0.291. The molecule has 0 saturated heterocycles. The molecule has 1 aliphatic heterocycles. The van der Waals surface area contributed by atoms with Gasteiger partial charge in [-0.1, -0.05) is 26.0 Å². The van der Waals surface area contributed by atoms with Gasteiger partial charge in [-0.3, -0.25) is 0 Å². The molecular formula is C13H17NO2. The van der Waals surface area contributed by atoms with Gasteiger partial charge in [-0.2, -0.15) is 0 Å². The number of ether oxygens (including phenoxy) is 2. The molecule has 0 saturated carbocycles. The summed E-state index contributed by atoms with van der Waals surface area (Å²) in [5.41, 5.74) is 0.938. The molecule has 0 aliphatic carbocycles. The van der Waals surface area contributed by atoms with Crippen LogP contribution in [-0.2, 0) is 4.74 Å². The third-order valence-corrected chi connectivity index (χ3v) is 2.78. The summed E-state index contributed by atoms with van der Waals surface area (Å²) in [5.74, 6) is 2.02. The first kappa shape index (κ1) is 11.0. The highest BCUT2D eigenvalue weighted by Gasteiger charge is 2.24. The normalized spacial score (nSPS) is 19.5. The molecule has 2 rings (SSSR count). The standard InChI is InChI=1S/C13H17NO2/c1-9(2)11-8-16-13(14-11)10-6-4-5-7-12(10)15-3/h4-7,9,11H,8H2,1-3H3/t11-/m1/s1. The minimum absolute atomic E-state index is 0.264. The summed E-state index contributed by atoms with van der Waals surface area (Å²) in [7, 11) is 1.66. The van der Waals surface area contributed by atoms with Crippen molar-refractivity contribution in [1.29, 1.82) is 0 Å². The lowest BCUT2D eigenvalue weighted by Crippen LogP contribution is -2.13. The Balaban J connectivity index is 2.28. The van der Waals surface area contributed by atoms with Crippen LogP contribution >= 0.6 is 0 Å². The zero-order valence-electron chi connectivity index (χ0n) is 9.93. The fraction of sp³-hybridized carbons (Fsp3) is 0.462. The van der Waals surface area contributed by atoms with Gasteiger partial charge in [0.25, 0.3) is 0 Å². The Bertz CT molecular complexity index is 399. The van der Waals surface area contributed by atoms with Crippen LogP contribution in [0.1, 0.15) is 19.4 Å². The Labute approximate surface area is 96.1 Å². The average molecular weight is 219 g/mol. The van der Waals surface area contributed by atoms with Crippen LogP contribution < -0.4 is 4.74 Å². The van der Waals surface area contributed by atoms with Crippen molar-refractivity contribution < 1.29 is 9.47 Å². The summed E-state index contributed by atoms with van der Waals surface area (Å²) in [6.07, 6.45) is 0. The molecule has 0 N–H and O–H groups in total. The number of benzene rings is 1. The van der Waals surface area contributed by atoms with E-state index in [1.165, 1.54) is 0 Å². The molecule has 0 spiro atoms. The first-order valence-corrected chi connectivity index (χ1v) is 5.56. The lowest BCUT2D eigenvalue weighted by Gasteiger charge is -2.07. The summed E-state index contributed by atoms with van der Waals surface area (Å²) in [5, 5.41) is 0.